The van der Waals surface area contributed by atoms with Crippen LogP contribution in [0.3, 0.4) is 0 Å². The van der Waals surface area contributed by atoms with E-state index >= 15 is 0 Å². The molecule has 4 nitrogen and oxygen atoms in total. The molecule has 0 spiro atoms. The van der Waals surface area contributed by atoms with Gasteiger partial charge >= 0.3 is 0 Å². The molecule has 5 heteroatoms. The molecule has 0 aromatic heterocycles. The highest BCUT2D eigenvalue weighted by molar-refractivity contribution is 7.94. The maximum atomic E-state index is 11.9. The third-order valence-electron chi connectivity index (χ3n) is 3.56. The lowest BCUT2D eigenvalue weighted by atomic mass is 9.87. The second-order valence-electron chi connectivity index (χ2n) is 4.84. The summed E-state index contributed by atoms with van der Waals surface area (Å²) in [6.07, 6.45) is 6.53. The second-order valence-corrected chi connectivity index (χ2v) is 6.49. The van der Waals surface area contributed by atoms with Crippen LogP contribution in [0.25, 0.3) is 0 Å². The molecule has 17 heavy (non-hydrogen) atoms. The highest BCUT2D eigenvalue weighted by Gasteiger charge is 2.44. The molecule has 2 rings (SSSR count). The standard InChI is InChI=1S/C12H19NO3S/c1-2-3-4-6-9-7-5-8-10-11(9)17(15,16)13-12(10)14/h10H,2-8H2,1H3,(H,13,14). The van der Waals surface area contributed by atoms with E-state index in [0.29, 0.717) is 11.3 Å². The Balaban J connectivity index is 2.27. The maximum absolute atomic E-state index is 11.9. The first kappa shape index (κ1) is 12.6. The fourth-order valence-electron chi connectivity index (χ4n) is 2.74. The van der Waals surface area contributed by atoms with E-state index in [0.717, 1.165) is 44.1 Å². The van der Waals surface area contributed by atoms with E-state index in [1.54, 1.807) is 0 Å². The molecule has 96 valence electrons. The molecule has 1 fully saturated rings. The van der Waals surface area contributed by atoms with Crippen LogP contribution in [0.4, 0.5) is 0 Å². The molecule has 0 aromatic carbocycles. The highest BCUT2D eigenvalue weighted by Crippen LogP contribution is 2.39. The smallest absolute Gasteiger partial charge is 0.260 e. The molecule has 1 saturated heterocycles. The van der Waals surface area contributed by atoms with Gasteiger partial charge in [0, 0.05) is 0 Å². The van der Waals surface area contributed by atoms with Crippen LogP contribution >= 0.6 is 0 Å². The van der Waals surface area contributed by atoms with E-state index in [4.69, 9.17) is 0 Å². The van der Waals surface area contributed by atoms with Crippen LogP contribution < -0.4 is 4.72 Å². The van der Waals surface area contributed by atoms with E-state index < -0.39 is 15.9 Å². The monoisotopic (exact) mass is 257 g/mol. The van der Waals surface area contributed by atoms with Crippen molar-refractivity contribution in [1.82, 2.24) is 4.72 Å². The fourth-order valence-corrected chi connectivity index (χ4v) is 4.44. The van der Waals surface area contributed by atoms with Gasteiger partial charge in [0.1, 0.15) is 0 Å². The predicted molar refractivity (Wildman–Crippen MR) is 65.6 cm³/mol. The average molecular weight is 257 g/mol. The normalized spacial score (nSPS) is 26.9. The minimum Gasteiger partial charge on any atom is -0.273 e. The topological polar surface area (TPSA) is 63.2 Å². The van der Waals surface area contributed by atoms with Crippen LogP contribution in [-0.2, 0) is 14.8 Å². The summed E-state index contributed by atoms with van der Waals surface area (Å²) < 4.78 is 25.9. The fraction of sp³-hybridized carbons (Fsp3) is 0.750. The lowest BCUT2D eigenvalue weighted by molar-refractivity contribution is -0.121. The molecule has 1 heterocycles. The van der Waals surface area contributed by atoms with Crippen LogP contribution in [0.1, 0.15) is 51.9 Å². The van der Waals surface area contributed by atoms with E-state index in [9.17, 15) is 13.2 Å². The number of carbonyl (C=O) groups is 1. The molecule has 1 unspecified atom stereocenters. The summed E-state index contributed by atoms with van der Waals surface area (Å²) in [6, 6.07) is 0. The first-order valence-corrected chi connectivity index (χ1v) is 7.83. The van der Waals surface area contributed by atoms with Crippen LogP contribution in [0.15, 0.2) is 10.5 Å². The molecule has 1 atom stereocenters. The lowest BCUT2D eigenvalue weighted by Gasteiger charge is -2.19. The quantitative estimate of drug-likeness (QED) is 0.784. The first-order valence-electron chi connectivity index (χ1n) is 6.35. The molecule has 1 amide bonds. The van der Waals surface area contributed by atoms with Gasteiger partial charge < -0.3 is 0 Å². The van der Waals surface area contributed by atoms with Gasteiger partial charge in [0.05, 0.1) is 10.8 Å². The molecule has 2 aliphatic rings. The van der Waals surface area contributed by atoms with Gasteiger partial charge in [0.25, 0.3) is 10.0 Å². The Labute approximate surface area is 103 Å². The van der Waals surface area contributed by atoms with Crippen LogP contribution in [0.5, 0.6) is 0 Å². The SMILES string of the molecule is CCCCCC1=C2C(CCC1)C(=O)NS2(=O)=O. The Morgan fingerprint density at radius 2 is 2.12 bits per heavy atom. The van der Waals surface area contributed by atoms with Crippen molar-refractivity contribution in [2.75, 3.05) is 0 Å². The van der Waals surface area contributed by atoms with Gasteiger partial charge in [-0.15, -0.1) is 0 Å². The van der Waals surface area contributed by atoms with Crippen molar-refractivity contribution in [2.45, 2.75) is 51.9 Å². The van der Waals surface area contributed by atoms with Gasteiger partial charge in [-0.3, -0.25) is 4.79 Å². The summed E-state index contributed by atoms with van der Waals surface area (Å²) in [5.74, 6) is -0.724. The van der Waals surface area contributed by atoms with Crippen molar-refractivity contribution in [2.24, 2.45) is 5.92 Å². The summed E-state index contributed by atoms with van der Waals surface area (Å²) >= 11 is 0. The van der Waals surface area contributed by atoms with Gasteiger partial charge in [-0.05, 0) is 32.1 Å². The zero-order valence-corrected chi connectivity index (χ0v) is 11.0. The summed E-state index contributed by atoms with van der Waals surface area (Å²) in [7, 11) is -3.50. The minimum atomic E-state index is -3.50. The van der Waals surface area contributed by atoms with Crippen molar-refractivity contribution in [3.05, 3.63) is 10.5 Å². The molecular weight excluding hydrogens is 238 g/mol. The third kappa shape index (κ3) is 2.39. The van der Waals surface area contributed by atoms with E-state index in [-0.39, 0.29) is 5.91 Å². The van der Waals surface area contributed by atoms with Crippen molar-refractivity contribution in [3.8, 4) is 0 Å². The Hall–Kier alpha value is -0.840. The number of nitrogens with one attached hydrogen (secondary N) is 1. The molecule has 1 aliphatic heterocycles. The highest BCUT2D eigenvalue weighted by atomic mass is 32.2. The molecule has 0 aromatic rings. The largest absolute Gasteiger partial charge is 0.273 e. The number of hydrogen-bond donors (Lipinski definition) is 1. The van der Waals surface area contributed by atoms with Gasteiger partial charge in [0.15, 0.2) is 0 Å². The second kappa shape index (κ2) is 4.80. The van der Waals surface area contributed by atoms with E-state index in [2.05, 4.69) is 11.6 Å². The summed E-state index contributed by atoms with van der Waals surface area (Å²) in [4.78, 5) is 12.0. The van der Waals surface area contributed by atoms with E-state index in [1.165, 1.54) is 0 Å². The molecule has 1 aliphatic carbocycles. The van der Waals surface area contributed by atoms with Crippen LogP contribution in [0, 0.1) is 5.92 Å². The Bertz CT molecular complexity index is 450. The minimum absolute atomic E-state index is 0.326. The lowest BCUT2D eigenvalue weighted by Crippen LogP contribution is -2.22. The number of hydrogen-bond acceptors (Lipinski definition) is 3. The van der Waals surface area contributed by atoms with E-state index in [1.807, 2.05) is 0 Å². The summed E-state index contributed by atoms with van der Waals surface area (Å²) in [5, 5.41) is 0. The van der Waals surface area contributed by atoms with Crippen molar-refractivity contribution in [3.63, 3.8) is 0 Å². The van der Waals surface area contributed by atoms with Crippen LogP contribution in [-0.4, -0.2) is 14.3 Å². The van der Waals surface area contributed by atoms with Crippen molar-refractivity contribution < 1.29 is 13.2 Å². The van der Waals surface area contributed by atoms with Gasteiger partial charge in [0.2, 0.25) is 5.91 Å². The number of rotatable bonds is 4. The molecule has 0 saturated carbocycles. The van der Waals surface area contributed by atoms with Gasteiger partial charge in [-0.1, -0.05) is 25.3 Å². The van der Waals surface area contributed by atoms with Crippen molar-refractivity contribution in [1.29, 1.82) is 0 Å². The number of sulfonamides is 1. The summed E-state index contributed by atoms with van der Waals surface area (Å²) in [5.41, 5.74) is 0.994. The molecule has 1 N–H and O–H groups in total. The van der Waals surface area contributed by atoms with Gasteiger partial charge in [-0.2, -0.15) is 0 Å². The molecule has 0 radical (unpaired) electrons. The van der Waals surface area contributed by atoms with Crippen LogP contribution in [0.2, 0.25) is 0 Å². The Morgan fingerprint density at radius 1 is 1.35 bits per heavy atom. The average Bonchev–Trinajstić information content (AvgIpc) is 2.51. The maximum Gasteiger partial charge on any atom is 0.260 e. The number of carbonyl (C=O) groups excluding carboxylic acids is 1. The van der Waals surface area contributed by atoms with Gasteiger partial charge in [-0.25, -0.2) is 13.1 Å². The molecule has 0 bridgehead atoms. The summed E-state index contributed by atoms with van der Waals surface area (Å²) in [6.45, 7) is 2.12. The predicted octanol–water partition coefficient (Wildman–Crippen LogP) is 2.08. The Morgan fingerprint density at radius 3 is 2.82 bits per heavy atom. The van der Waals surface area contributed by atoms with Crippen molar-refractivity contribution >= 4 is 15.9 Å². The number of amides is 1. The first-order chi connectivity index (χ1) is 8.06. The number of allylic oxidation sites excluding steroid dienone is 1. The third-order valence-corrected chi connectivity index (χ3v) is 5.18. The molecular formula is C12H19NO3S. The Kier molecular flexibility index (Phi) is 3.56. The number of fused-ring (bicyclic) bond motifs is 1. The zero-order valence-electron chi connectivity index (χ0n) is 10.2. The zero-order chi connectivity index (χ0) is 12.5. The number of unbranched alkanes of at least 4 members (excludes halogenated alkanes) is 2.